The minimum atomic E-state index is 0.0287. The van der Waals surface area contributed by atoms with Gasteiger partial charge in [0.25, 0.3) is 0 Å². The van der Waals surface area contributed by atoms with Crippen molar-refractivity contribution in [2.24, 2.45) is 5.92 Å². The molecule has 0 radical (unpaired) electrons. The number of amides is 1. The highest BCUT2D eigenvalue weighted by Gasteiger charge is 2.18. The molecular formula is C14H16N2O2. The Labute approximate surface area is 105 Å². The lowest BCUT2D eigenvalue weighted by Crippen LogP contribution is -2.33. The van der Waals surface area contributed by atoms with Crippen LogP contribution in [-0.2, 0) is 11.2 Å². The van der Waals surface area contributed by atoms with E-state index in [4.69, 9.17) is 4.52 Å². The van der Waals surface area contributed by atoms with Gasteiger partial charge in [-0.1, -0.05) is 23.7 Å². The van der Waals surface area contributed by atoms with Crippen molar-refractivity contribution in [3.8, 4) is 0 Å². The first-order valence-corrected chi connectivity index (χ1v) is 6.43. The van der Waals surface area contributed by atoms with E-state index in [0.717, 1.165) is 23.2 Å². The lowest BCUT2D eigenvalue weighted by Gasteiger charge is -2.25. The van der Waals surface area contributed by atoms with Crippen LogP contribution >= 0.6 is 0 Å². The standard InChI is InChI=1S/C14H16N2O2/c17-14(15-9-10-4-3-5-10)8-12-11-6-1-2-7-13(11)18-16-12/h1-2,6-7,10H,3-5,8-9H2,(H,15,17). The summed E-state index contributed by atoms with van der Waals surface area (Å²) < 4.78 is 5.18. The Kier molecular flexibility index (Phi) is 3.00. The fourth-order valence-corrected chi connectivity index (χ4v) is 2.24. The van der Waals surface area contributed by atoms with Crippen LogP contribution in [0.15, 0.2) is 28.8 Å². The van der Waals surface area contributed by atoms with Crippen LogP contribution in [0.2, 0.25) is 0 Å². The maximum absolute atomic E-state index is 11.8. The number of nitrogens with zero attached hydrogens (tertiary/aromatic N) is 1. The van der Waals surface area contributed by atoms with E-state index in [0.29, 0.717) is 12.3 Å². The van der Waals surface area contributed by atoms with E-state index in [-0.39, 0.29) is 5.91 Å². The second-order valence-electron chi connectivity index (χ2n) is 4.90. The predicted octanol–water partition coefficient (Wildman–Crippen LogP) is 2.29. The van der Waals surface area contributed by atoms with E-state index in [2.05, 4.69) is 10.5 Å². The third-order valence-corrected chi connectivity index (χ3v) is 3.59. The van der Waals surface area contributed by atoms with Crippen molar-refractivity contribution in [2.45, 2.75) is 25.7 Å². The number of fused-ring (bicyclic) bond motifs is 1. The summed E-state index contributed by atoms with van der Waals surface area (Å²) in [5, 5.41) is 7.85. The van der Waals surface area contributed by atoms with Crippen LogP contribution in [0.1, 0.15) is 25.0 Å². The molecule has 18 heavy (non-hydrogen) atoms. The molecule has 0 spiro atoms. The molecule has 1 N–H and O–H groups in total. The van der Waals surface area contributed by atoms with Crippen LogP contribution in [0.25, 0.3) is 11.0 Å². The number of carbonyl (C=O) groups is 1. The number of carbonyl (C=O) groups excluding carboxylic acids is 1. The molecule has 0 atom stereocenters. The third-order valence-electron chi connectivity index (χ3n) is 3.59. The van der Waals surface area contributed by atoms with Crippen LogP contribution in [-0.4, -0.2) is 17.6 Å². The van der Waals surface area contributed by atoms with E-state index in [9.17, 15) is 4.79 Å². The number of para-hydroxylation sites is 1. The van der Waals surface area contributed by atoms with E-state index >= 15 is 0 Å². The summed E-state index contributed by atoms with van der Waals surface area (Å²) in [7, 11) is 0. The molecule has 3 rings (SSSR count). The van der Waals surface area contributed by atoms with Crippen molar-refractivity contribution in [3.63, 3.8) is 0 Å². The van der Waals surface area contributed by atoms with E-state index in [1.54, 1.807) is 0 Å². The average Bonchev–Trinajstić information content (AvgIpc) is 2.71. The number of benzene rings is 1. The van der Waals surface area contributed by atoms with Crippen molar-refractivity contribution in [1.82, 2.24) is 10.5 Å². The Morgan fingerprint density at radius 3 is 3.00 bits per heavy atom. The Morgan fingerprint density at radius 2 is 2.22 bits per heavy atom. The molecule has 1 amide bonds. The summed E-state index contributed by atoms with van der Waals surface area (Å²) in [5.74, 6) is 0.712. The molecule has 1 saturated carbocycles. The van der Waals surface area contributed by atoms with Crippen LogP contribution in [0, 0.1) is 5.92 Å². The molecule has 1 fully saturated rings. The van der Waals surface area contributed by atoms with Gasteiger partial charge >= 0.3 is 0 Å². The minimum absolute atomic E-state index is 0.0287. The van der Waals surface area contributed by atoms with Gasteiger partial charge in [-0.2, -0.15) is 0 Å². The van der Waals surface area contributed by atoms with Crippen molar-refractivity contribution in [1.29, 1.82) is 0 Å². The number of hydrogen-bond donors (Lipinski definition) is 1. The van der Waals surface area contributed by atoms with Crippen LogP contribution in [0.4, 0.5) is 0 Å². The minimum Gasteiger partial charge on any atom is -0.356 e. The highest BCUT2D eigenvalue weighted by atomic mass is 16.5. The van der Waals surface area contributed by atoms with E-state index in [1.165, 1.54) is 19.3 Å². The third kappa shape index (κ3) is 2.23. The molecule has 2 aromatic rings. The Hall–Kier alpha value is -1.84. The van der Waals surface area contributed by atoms with Gasteiger partial charge in [0.2, 0.25) is 5.91 Å². The van der Waals surface area contributed by atoms with Gasteiger partial charge in [0.15, 0.2) is 5.58 Å². The molecule has 94 valence electrons. The predicted molar refractivity (Wildman–Crippen MR) is 68.1 cm³/mol. The number of aromatic nitrogens is 1. The maximum atomic E-state index is 11.8. The summed E-state index contributed by atoms with van der Waals surface area (Å²) >= 11 is 0. The second kappa shape index (κ2) is 4.80. The molecule has 0 unspecified atom stereocenters. The molecule has 4 nitrogen and oxygen atoms in total. The average molecular weight is 244 g/mol. The van der Waals surface area contributed by atoms with Gasteiger partial charge in [-0.25, -0.2) is 0 Å². The molecule has 0 bridgehead atoms. The van der Waals surface area contributed by atoms with Gasteiger partial charge in [0, 0.05) is 11.9 Å². The first-order chi connectivity index (χ1) is 8.83. The summed E-state index contributed by atoms with van der Waals surface area (Å²) in [6.45, 7) is 0.800. The highest BCUT2D eigenvalue weighted by molar-refractivity contribution is 5.86. The Balaban J connectivity index is 1.62. The molecule has 1 aliphatic carbocycles. The first-order valence-electron chi connectivity index (χ1n) is 6.43. The number of nitrogens with one attached hydrogen (secondary N) is 1. The van der Waals surface area contributed by atoms with Crippen LogP contribution < -0.4 is 5.32 Å². The zero-order valence-electron chi connectivity index (χ0n) is 10.2. The normalized spacial score (nSPS) is 15.6. The number of hydrogen-bond acceptors (Lipinski definition) is 3. The summed E-state index contributed by atoms with van der Waals surface area (Å²) in [5.41, 5.74) is 1.45. The van der Waals surface area contributed by atoms with Crippen molar-refractivity contribution in [3.05, 3.63) is 30.0 Å². The molecule has 0 saturated heterocycles. The lowest BCUT2D eigenvalue weighted by molar-refractivity contribution is -0.120. The van der Waals surface area contributed by atoms with E-state index < -0.39 is 0 Å². The van der Waals surface area contributed by atoms with Crippen molar-refractivity contribution < 1.29 is 9.32 Å². The van der Waals surface area contributed by atoms with Gasteiger partial charge < -0.3 is 9.84 Å². The van der Waals surface area contributed by atoms with Crippen molar-refractivity contribution in [2.75, 3.05) is 6.54 Å². The molecule has 1 aromatic carbocycles. The van der Waals surface area contributed by atoms with Gasteiger partial charge in [0.05, 0.1) is 6.42 Å². The highest BCUT2D eigenvalue weighted by Crippen LogP contribution is 2.25. The SMILES string of the molecule is O=C(Cc1noc2ccccc12)NCC1CCC1. The van der Waals surface area contributed by atoms with Gasteiger partial charge in [-0.3, -0.25) is 4.79 Å². The summed E-state index contributed by atoms with van der Waals surface area (Å²) in [6.07, 6.45) is 4.08. The summed E-state index contributed by atoms with van der Waals surface area (Å²) in [4.78, 5) is 11.8. The Morgan fingerprint density at radius 1 is 1.39 bits per heavy atom. The monoisotopic (exact) mass is 244 g/mol. The molecule has 1 heterocycles. The zero-order valence-corrected chi connectivity index (χ0v) is 10.2. The van der Waals surface area contributed by atoms with Gasteiger partial charge in [-0.05, 0) is 30.9 Å². The Bertz CT molecular complexity index is 558. The molecule has 0 aliphatic heterocycles. The molecule has 1 aliphatic rings. The van der Waals surface area contributed by atoms with Gasteiger partial charge in [0.1, 0.15) is 5.69 Å². The fourth-order valence-electron chi connectivity index (χ4n) is 2.24. The zero-order chi connectivity index (χ0) is 12.4. The largest absolute Gasteiger partial charge is 0.356 e. The quantitative estimate of drug-likeness (QED) is 0.897. The lowest BCUT2D eigenvalue weighted by atomic mass is 9.85. The number of rotatable bonds is 4. The summed E-state index contributed by atoms with van der Waals surface area (Å²) in [6, 6.07) is 7.61. The van der Waals surface area contributed by atoms with Crippen molar-refractivity contribution >= 4 is 16.9 Å². The smallest absolute Gasteiger partial charge is 0.226 e. The molecule has 4 heteroatoms. The second-order valence-corrected chi connectivity index (χ2v) is 4.90. The first kappa shape index (κ1) is 11.3. The van der Waals surface area contributed by atoms with Crippen LogP contribution in [0.5, 0.6) is 0 Å². The fraction of sp³-hybridized carbons (Fsp3) is 0.429. The van der Waals surface area contributed by atoms with Crippen LogP contribution in [0.3, 0.4) is 0 Å². The topological polar surface area (TPSA) is 55.1 Å². The maximum Gasteiger partial charge on any atom is 0.226 e. The van der Waals surface area contributed by atoms with E-state index in [1.807, 2.05) is 24.3 Å². The molecular weight excluding hydrogens is 228 g/mol. The molecule has 1 aromatic heterocycles. The van der Waals surface area contributed by atoms with Gasteiger partial charge in [-0.15, -0.1) is 0 Å².